The molecule has 1 amide bonds. The second-order valence-corrected chi connectivity index (χ2v) is 5.09. The fraction of sp³-hybridized carbons (Fsp3) is 0.333. The van der Waals surface area contributed by atoms with Gasteiger partial charge >= 0.3 is 0 Å². The van der Waals surface area contributed by atoms with Crippen LogP contribution in [0.3, 0.4) is 0 Å². The van der Waals surface area contributed by atoms with Crippen LogP contribution in [0.25, 0.3) is 0 Å². The molecule has 92 valence electrons. The summed E-state index contributed by atoms with van der Waals surface area (Å²) in [6.45, 7) is 3.41. The van der Waals surface area contributed by atoms with Gasteiger partial charge in [-0.05, 0) is 54.1 Å². The van der Waals surface area contributed by atoms with Gasteiger partial charge in [0, 0.05) is 23.2 Å². The van der Waals surface area contributed by atoms with Crippen LogP contribution >= 0.6 is 22.6 Å². The van der Waals surface area contributed by atoms with Crippen LogP contribution in [0.4, 0.5) is 4.39 Å². The summed E-state index contributed by atoms with van der Waals surface area (Å²) in [4.78, 5) is 17.4. The molecule has 5 heteroatoms. The van der Waals surface area contributed by atoms with Gasteiger partial charge in [-0.3, -0.25) is 4.79 Å². The molecule has 0 bridgehead atoms. The molecule has 0 aliphatic carbocycles. The number of hydrogen-bond donors (Lipinski definition) is 0. The van der Waals surface area contributed by atoms with Crippen molar-refractivity contribution in [2.24, 2.45) is 4.99 Å². The van der Waals surface area contributed by atoms with Crippen molar-refractivity contribution in [3.8, 4) is 0 Å². The zero-order valence-corrected chi connectivity index (χ0v) is 12.4. The summed E-state index contributed by atoms with van der Waals surface area (Å²) in [7, 11) is 3.59. The number of aliphatic imine (C=N–C) groups is 1. The third-order valence-electron chi connectivity index (χ3n) is 2.44. The Morgan fingerprint density at radius 2 is 2.00 bits per heavy atom. The fourth-order valence-corrected chi connectivity index (χ4v) is 1.67. The number of amides is 1. The number of rotatable bonds is 1. The fourth-order valence-electron chi connectivity index (χ4n) is 1.08. The average Bonchev–Trinajstić information content (AvgIpc) is 2.24. The summed E-state index contributed by atoms with van der Waals surface area (Å²) in [5.41, 5.74) is 0.828. The standard InChI is InChI=1S/C12H14FIN2O/c1-7-10(13)5-9(6-11(7)14)12(17)15-8(2)16(3)4/h5-6H,1-4H3. The highest BCUT2D eigenvalue weighted by atomic mass is 127. The molecule has 0 aliphatic rings. The summed E-state index contributed by atoms with van der Waals surface area (Å²) in [6, 6.07) is 2.88. The molecule has 0 unspecified atom stereocenters. The quantitative estimate of drug-likeness (QED) is 0.444. The minimum Gasteiger partial charge on any atom is -0.366 e. The van der Waals surface area contributed by atoms with E-state index in [1.54, 1.807) is 38.9 Å². The number of nitrogens with zero attached hydrogens (tertiary/aromatic N) is 2. The van der Waals surface area contributed by atoms with Crippen LogP contribution in [-0.2, 0) is 0 Å². The predicted molar refractivity (Wildman–Crippen MR) is 75.0 cm³/mol. The van der Waals surface area contributed by atoms with Crippen molar-refractivity contribution < 1.29 is 9.18 Å². The molecule has 3 nitrogen and oxygen atoms in total. The molecule has 0 N–H and O–H groups in total. The maximum atomic E-state index is 13.5. The molecule has 0 atom stereocenters. The summed E-state index contributed by atoms with van der Waals surface area (Å²) in [5, 5.41) is 0. The molecule has 1 rings (SSSR count). The third-order valence-corrected chi connectivity index (χ3v) is 3.56. The van der Waals surface area contributed by atoms with Crippen molar-refractivity contribution in [2.75, 3.05) is 14.1 Å². The van der Waals surface area contributed by atoms with E-state index in [1.807, 2.05) is 22.6 Å². The molecule has 17 heavy (non-hydrogen) atoms. The van der Waals surface area contributed by atoms with Crippen molar-refractivity contribution >= 4 is 34.3 Å². The number of benzene rings is 1. The molecule has 1 aromatic carbocycles. The van der Waals surface area contributed by atoms with E-state index in [-0.39, 0.29) is 11.4 Å². The highest BCUT2D eigenvalue weighted by molar-refractivity contribution is 14.1. The number of carbonyl (C=O) groups is 1. The minimum atomic E-state index is -0.423. The van der Waals surface area contributed by atoms with E-state index in [4.69, 9.17) is 0 Å². The lowest BCUT2D eigenvalue weighted by Crippen LogP contribution is -2.20. The highest BCUT2D eigenvalue weighted by Gasteiger charge is 2.11. The van der Waals surface area contributed by atoms with E-state index < -0.39 is 5.91 Å². The summed E-state index contributed by atoms with van der Waals surface area (Å²) >= 11 is 2.00. The lowest BCUT2D eigenvalue weighted by atomic mass is 10.1. The van der Waals surface area contributed by atoms with E-state index in [2.05, 4.69) is 4.99 Å². The first-order valence-corrected chi connectivity index (χ1v) is 6.13. The van der Waals surface area contributed by atoms with E-state index in [0.717, 1.165) is 3.57 Å². The largest absolute Gasteiger partial charge is 0.366 e. The Morgan fingerprint density at radius 1 is 1.41 bits per heavy atom. The van der Waals surface area contributed by atoms with Crippen LogP contribution in [-0.4, -0.2) is 30.7 Å². The van der Waals surface area contributed by atoms with Crippen LogP contribution in [0.1, 0.15) is 22.8 Å². The van der Waals surface area contributed by atoms with E-state index in [0.29, 0.717) is 11.4 Å². The van der Waals surface area contributed by atoms with Crippen molar-refractivity contribution in [1.82, 2.24) is 4.90 Å². The maximum Gasteiger partial charge on any atom is 0.278 e. The molecular formula is C12H14FIN2O. The number of amidine groups is 1. The Kier molecular flexibility index (Phi) is 4.62. The first-order valence-electron chi connectivity index (χ1n) is 5.05. The highest BCUT2D eigenvalue weighted by Crippen LogP contribution is 2.18. The van der Waals surface area contributed by atoms with Crippen molar-refractivity contribution in [2.45, 2.75) is 13.8 Å². The molecule has 0 radical (unpaired) electrons. The zero-order valence-electron chi connectivity index (χ0n) is 10.2. The molecular weight excluding hydrogens is 334 g/mol. The number of hydrogen-bond acceptors (Lipinski definition) is 1. The van der Waals surface area contributed by atoms with Gasteiger partial charge in [0.1, 0.15) is 11.7 Å². The SMILES string of the molecule is CC(=NC(=O)c1cc(F)c(C)c(I)c1)N(C)C. The van der Waals surface area contributed by atoms with Gasteiger partial charge < -0.3 is 4.90 Å². The molecule has 0 fully saturated rings. The van der Waals surface area contributed by atoms with Crippen LogP contribution in [0.15, 0.2) is 17.1 Å². The molecule has 1 aromatic rings. The second-order valence-electron chi connectivity index (χ2n) is 3.92. The Bertz CT molecular complexity index is 460. The van der Waals surface area contributed by atoms with E-state index in [9.17, 15) is 9.18 Å². The number of carbonyl (C=O) groups excluding carboxylic acids is 1. The molecule has 0 saturated carbocycles. The zero-order chi connectivity index (χ0) is 13.2. The Balaban J connectivity index is 3.10. The normalized spacial score (nSPS) is 11.5. The Hall–Kier alpha value is -0.980. The second kappa shape index (κ2) is 5.57. The van der Waals surface area contributed by atoms with Gasteiger partial charge in [-0.2, -0.15) is 4.99 Å². The smallest absolute Gasteiger partial charge is 0.278 e. The van der Waals surface area contributed by atoms with Gasteiger partial charge in [0.2, 0.25) is 0 Å². The summed E-state index contributed by atoms with van der Waals surface area (Å²) in [5.74, 6) is -0.211. The van der Waals surface area contributed by atoms with E-state index in [1.165, 1.54) is 6.07 Å². The van der Waals surface area contributed by atoms with Crippen molar-refractivity contribution in [3.63, 3.8) is 0 Å². The van der Waals surface area contributed by atoms with E-state index >= 15 is 0 Å². The van der Waals surface area contributed by atoms with Crippen molar-refractivity contribution in [3.05, 3.63) is 32.6 Å². The molecule has 0 saturated heterocycles. The molecule has 0 aromatic heterocycles. The van der Waals surface area contributed by atoms with Crippen LogP contribution in [0.2, 0.25) is 0 Å². The summed E-state index contributed by atoms with van der Waals surface area (Å²) in [6.07, 6.45) is 0. The minimum absolute atomic E-state index is 0.277. The van der Waals surface area contributed by atoms with Gasteiger partial charge in [0.15, 0.2) is 0 Å². The molecule has 0 heterocycles. The van der Waals surface area contributed by atoms with Crippen LogP contribution < -0.4 is 0 Å². The van der Waals surface area contributed by atoms with Gasteiger partial charge in [0.25, 0.3) is 5.91 Å². The monoisotopic (exact) mass is 348 g/mol. The molecule has 0 spiro atoms. The van der Waals surface area contributed by atoms with Crippen molar-refractivity contribution in [1.29, 1.82) is 0 Å². The predicted octanol–water partition coefficient (Wildman–Crippen LogP) is 2.86. The lowest BCUT2D eigenvalue weighted by Gasteiger charge is -2.10. The van der Waals surface area contributed by atoms with Gasteiger partial charge in [-0.25, -0.2) is 4.39 Å². The third kappa shape index (κ3) is 3.49. The Labute approximate surface area is 114 Å². The van der Waals surface area contributed by atoms with Gasteiger partial charge in [-0.1, -0.05) is 0 Å². The molecule has 0 aliphatic heterocycles. The number of halogens is 2. The maximum absolute atomic E-state index is 13.5. The first-order chi connectivity index (χ1) is 7.82. The average molecular weight is 348 g/mol. The first kappa shape index (κ1) is 14.1. The van der Waals surface area contributed by atoms with Gasteiger partial charge in [0.05, 0.1) is 0 Å². The lowest BCUT2D eigenvalue weighted by molar-refractivity contribution is 0.100. The van der Waals surface area contributed by atoms with Crippen LogP contribution in [0.5, 0.6) is 0 Å². The topological polar surface area (TPSA) is 32.7 Å². The summed E-state index contributed by atoms with van der Waals surface area (Å²) < 4.78 is 14.2. The Morgan fingerprint density at radius 3 is 2.47 bits per heavy atom. The van der Waals surface area contributed by atoms with Crippen LogP contribution in [0, 0.1) is 16.3 Å². The van der Waals surface area contributed by atoms with Gasteiger partial charge in [-0.15, -0.1) is 0 Å².